The molecule has 3 atom stereocenters. The Morgan fingerprint density at radius 3 is 2.74 bits per heavy atom. The maximum atomic E-state index is 6.35. The molecule has 0 bridgehead atoms. The van der Waals surface area contributed by atoms with Crippen LogP contribution < -0.4 is 5.73 Å². The largest absolute Gasteiger partial charge is 0.327 e. The molecule has 2 rings (SSSR count). The summed E-state index contributed by atoms with van der Waals surface area (Å²) in [6.45, 7) is 7.45. The molecule has 1 saturated carbocycles. The first kappa shape index (κ1) is 15.0. The van der Waals surface area contributed by atoms with Crippen molar-refractivity contribution in [3.8, 4) is 0 Å². The monoisotopic (exact) mass is 327 g/mol. The predicted molar refractivity (Wildman–Crippen MR) is 83.1 cm³/mol. The van der Waals surface area contributed by atoms with Gasteiger partial charge in [-0.05, 0) is 67.3 Å². The fourth-order valence-electron chi connectivity index (χ4n) is 3.30. The summed E-state index contributed by atoms with van der Waals surface area (Å²) in [5.41, 5.74) is 8.77. The van der Waals surface area contributed by atoms with E-state index in [4.69, 9.17) is 5.73 Å². The summed E-state index contributed by atoms with van der Waals surface area (Å²) in [6, 6.07) is 0.357. The smallest absolute Gasteiger partial charge is 0.0738 e. The number of aromatic nitrogens is 2. The molecule has 3 unspecified atom stereocenters. The van der Waals surface area contributed by atoms with Gasteiger partial charge in [-0.1, -0.05) is 13.3 Å². The van der Waals surface area contributed by atoms with Gasteiger partial charge >= 0.3 is 0 Å². The summed E-state index contributed by atoms with van der Waals surface area (Å²) in [5.74, 6) is 1.47. The molecule has 1 aromatic rings. The molecule has 3 nitrogen and oxygen atoms in total. The summed E-state index contributed by atoms with van der Waals surface area (Å²) in [7, 11) is 0. The number of nitrogens with two attached hydrogens (primary N) is 1. The van der Waals surface area contributed by atoms with Crippen molar-refractivity contribution >= 4 is 15.9 Å². The highest BCUT2D eigenvalue weighted by Crippen LogP contribution is 2.34. The molecule has 0 spiro atoms. The second-order valence-corrected chi connectivity index (χ2v) is 6.67. The van der Waals surface area contributed by atoms with Gasteiger partial charge in [0.2, 0.25) is 0 Å². The molecule has 1 aromatic heterocycles. The summed E-state index contributed by atoms with van der Waals surface area (Å²) >= 11 is 3.70. The molecule has 0 aliphatic heterocycles. The quantitative estimate of drug-likeness (QED) is 0.916. The van der Waals surface area contributed by atoms with Crippen LogP contribution in [0.2, 0.25) is 0 Å². The molecule has 0 amide bonds. The van der Waals surface area contributed by atoms with Crippen LogP contribution in [0, 0.1) is 18.8 Å². The van der Waals surface area contributed by atoms with E-state index in [0.29, 0.717) is 12.0 Å². The maximum Gasteiger partial charge on any atom is 0.0738 e. The van der Waals surface area contributed by atoms with Crippen LogP contribution in [0.15, 0.2) is 4.47 Å². The number of rotatable bonds is 4. The van der Waals surface area contributed by atoms with Crippen LogP contribution >= 0.6 is 15.9 Å². The van der Waals surface area contributed by atoms with Crippen molar-refractivity contribution < 1.29 is 0 Å². The van der Waals surface area contributed by atoms with Crippen LogP contribution in [0.4, 0.5) is 0 Å². The third kappa shape index (κ3) is 3.22. The lowest BCUT2D eigenvalue weighted by Crippen LogP contribution is -2.37. The van der Waals surface area contributed by atoms with E-state index in [1.807, 2.05) is 0 Å². The summed E-state index contributed by atoms with van der Waals surface area (Å²) < 4.78 is 3.31. The molecule has 1 fully saturated rings. The predicted octanol–water partition coefficient (Wildman–Crippen LogP) is 3.67. The average molecular weight is 328 g/mol. The van der Waals surface area contributed by atoms with Crippen molar-refractivity contribution in [2.75, 3.05) is 0 Å². The van der Waals surface area contributed by atoms with Gasteiger partial charge in [-0.3, -0.25) is 4.68 Å². The Kier molecular flexibility index (Phi) is 5.07. The molecule has 0 saturated heterocycles. The Bertz CT molecular complexity index is 427. The lowest BCUT2D eigenvalue weighted by atomic mass is 9.75. The first-order chi connectivity index (χ1) is 9.06. The van der Waals surface area contributed by atoms with E-state index in [0.717, 1.165) is 24.6 Å². The average Bonchev–Trinajstić information content (AvgIpc) is 2.68. The number of halogens is 1. The zero-order chi connectivity index (χ0) is 14.0. The van der Waals surface area contributed by atoms with E-state index >= 15 is 0 Å². The molecular formula is C15H26BrN3. The molecule has 1 aliphatic carbocycles. The fourth-order valence-corrected chi connectivity index (χ4v) is 3.75. The van der Waals surface area contributed by atoms with Gasteiger partial charge in [0.05, 0.1) is 15.9 Å². The number of nitrogens with zero attached hydrogens (tertiary/aromatic N) is 2. The van der Waals surface area contributed by atoms with E-state index in [1.54, 1.807) is 0 Å². The Morgan fingerprint density at radius 1 is 1.37 bits per heavy atom. The van der Waals surface area contributed by atoms with Gasteiger partial charge in [-0.15, -0.1) is 0 Å². The Labute approximate surface area is 125 Å². The first-order valence-electron chi connectivity index (χ1n) is 7.54. The lowest BCUT2D eigenvalue weighted by Gasteiger charge is -2.34. The van der Waals surface area contributed by atoms with E-state index < -0.39 is 0 Å². The zero-order valence-corrected chi connectivity index (χ0v) is 13.9. The minimum Gasteiger partial charge on any atom is -0.327 e. The van der Waals surface area contributed by atoms with Crippen molar-refractivity contribution in [3.05, 3.63) is 15.9 Å². The van der Waals surface area contributed by atoms with Gasteiger partial charge in [-0.2, -0.15) is 5.10 Å². The van der Waals surface area contributed by atoms with E-state index in [-0.39, 0.29) is 0 Å². The Hall–Kier alpha value is -0.350. The minimum absolute atomic E-state index is 0.357. The van der Waals surface area contributed by atoms with Crippen LogP contribution in [0.5, 0.6) is 0 Å². The molecule has 108 valence electrons. The third-order valence-electron chi connectivity index (χ3n) is 4.64. The van der Waals surface area contributed by atoms with Gasteiger partial charge in [0.1, 0.15) is 0 Å². The van der Waals surface area contributed by atoms with Crippen molar-refractivity contribution in [1.29, 1.82) is 0 Å². The van der Waals surface area contributed by atoms with Crippen molar-refractivity contribution in [2.45, 2.75) is 65.5 Å². The van der Waals surface area contributed by atoms with Gasteiger partial charge in [0.15, 0.2) is 0 Å². The minimum atomic E-state index is 0.357. The van der Waals surface area contributed by atoms with Crippen LogP contribution in [-0.2, 0) is 13.0 Å². The number of aryl methyl sites for hydroxylation is 2. The topological polar surface area (TPSA) is 43.8 Å². The van der Waals surface area contributed by atoms with Gasteiger partial charge < -0.3 is 5.73 Å². The maximum absolute atomic E-state index is 6.35. The number of hydrogen-bond donors (Lipinski definition) is 1. The van der Waals surface area contributed by atoms with Gasteiger partial charge in [-0.25, -0.2) is 0 Å². The highest BCUT2D eigenvalue weighted by molar-refractivity contribution is 9.10. The van der Waals surface area contributed by atoms with Crippen molar-refractivity contribution in [2.24, 2.45) is 17.6 Å². The molecule has 0 radical (unpaired) electrons. The van der Waals surface area contributed by atoms with Crippen LogP contribution in [0.1, 0.15) is 50.9 Å². The van der Waals surface area contributed by atoms with Crippen LogP contribution in [0.25, 0.3) is 0 Å². The molecule has 1 heterocycles. The van der Waals surface area contributed by atoms with Crippen LogP contribution in [0.3, 0.4) is 0 Å². The van der Waals surface area contributed by atoms with E-state index in [9.17, 15) is 0 Å². The Balaban J connectivity index is 2.15. The summed E-state index contributed by atoms with van der Waals surface area (Å²) in [6.07, 6.45) is 6.11. The molecular weight excluding hydrogens is 302 g/mol. The second kappa shape index (κ2) is 6.40. The fraction of sp³-hybridized carbons (Fsp3) is 0.800. The molecule has 1 aliphatic rings. The molecule has 2 N–H and O–H groups in total. The van der Waals surface area contributed by atoms with Crippen molar-refractivity contribution in [1.82, 2.24) is 9.78 Å². The molecule has 4 heteroatoms. The first-order valence-corrected chi connectivity index (χ1v) is 8.33. The summed E-state index contributed by atoms with van der Waals surface area (Å²) in [5, 5.41) is 4.59. The van der Waals surface area contributed by atoms with Gasteiger partial charge in [0.25, 0.3) is 0 Å². The molecule has 0 aromatic carbocycles. The van der Waals surface area contributed by atoms with Crippen LogP contribution in [-0.4, -0.2) is 15.8 Å². The zero-order valence-electron chi connectivity index (χ0n) is 12.3. The molecule has 19 heavy (non-hydrogen) atoms. The van der Waals surface area contributed by atoms with Crippen molar-refractivity contribution in [3.63, 3.8) is 0 Å². The number of hydrogen-bond acceptors (Lipinski definition) is 2. The van der Waals surface area contributed by atoms with E-state index in [1.165, 1.54) is 35.8 Å². The highest BCUT2D eigenvalue weighted by Gasteiger charge is 2.29. The van der Waals surface area contributed by atoms with Gasteiger partial charge in [0, 0.05) is 12.6 Å². The normalized spacial score (nSPS) is 27.7. The van der Waals surface area contributed by atoms with E-state index in [2.05, 4.69) is 46.5 Å². The SMILES string of the molecule is CCC1CCC(N)C(Cc2c(Br)c(C)nn2CC)C1. The second-order valence-electron chi connectivity index (χ2n) is 5.88. The summed E-state index contributed by atoms with van der Waals surface area (Å²) in [4.78, 5) is 0. The Morgan fingerprint density at radius 2 is 2.11 bits per heavy atom. The highest BCUT2D eigenvalue weighted by atomic mass is 79.9. The third-order valence-corrected chi connectivity index (χ3v) is 5.67. The standard InChI is InChI=1S/C15H26BrN3/c1-4-11-6-7-13(17)12(8-11)9-14-15(16)10(3)18-19(14)5-2/h11-13H,4-9,17H2,1-3H3. The lowest BCUT2D eigenvalue weighted by molar-refractivity contribution is 0.224.